The molecule has 5 heteroatoms. The van der Waals surface area contributed by atoms with Crippen molar-refractivity contribution in [3.63, 3.8) is 0 Å². The van der Waals surface area contributed by atoms with Gasteiger partial charge in [-0.25, -0.2) is 0 Å². The first-order chi connectivity index (χ1) is 7.43. The van der Waals surface area contributed by atoms with Crippen LogP contribution in [0.2, 0.25) is 5.02 Å². The quantitative estimate of drug-likeness (QED) is 0.812. The van der Waals surface area contributed by atoms with Gasteiger partial charge in [-0.2, -0.15) is 0 Å². The maximum Gasteiger partial charge on any atom is 0.131 e. The highest BCUT2D eigenvalue weighted by Crippen LogP contribution is 2.48. The maximum absolute atomic E-state index is 10.1. The van der Waals surface area contributed by atoms with Crippen LogP contribution in [0.5, 0.6) is 0 Å². The Kier molecular flexibility index (Phi) is 2.90. The third-order valence-corrected chi connectivity index (χ3v) is 4.04. The number of hydrogen-bond acceptors (Lipinski definition) is 4. The van der Waals surface area contributed by atoms with E-state index in [9.17, 15) is 10.2 Å². The first kappa shape index (κ1) is 11.8. The maximum atomic E-state index is 10.1. The van der Waals surface area contributed by atoms with E-state index in [4.69, 9.17) is 11.6 Å². The summed E-state index contributed by atoms with van der Waals surface area (Å²) in [7, 11) is 0. The highest BCUT2D eigenvalue weighted by Gasteiger charge is 2.41. The molecule has 1 atom stereocenters. The van der Waals surface area contributed by atoms with Crippen molar-refractivity contribution in [3.8, 4) is 0 Å². The molecule has 86 valence electrons. The smallest absolute Gasteiger partial charge is 0.131 e. The zero-order valence-corrected chi connectivity index (χ0v) is 10.5. The Morgan fingerprint density at radius 2 is 2.19 bits per heavy atom. The molecule has 0 aliphatic carbocycles. The average molecular weight is 258 g/mol. The van der Waals surface area contributed by atoms with Gasteiger partial charge < -0.3 is 10.2 Å². The number of aliphatic hydroxyl groups excluding tert-OH is 2. The molecule has 1 aromatic rings. The van der Waals surface area contributed by atoms with Crippen LogP contribution >= 0.6 is 23.4 Å². The van der Waals surface area contributed by atoms with Gasteiger partial charge >= 0.3 is 0 Å². The van der Waals surface area contributed by atoms with E-state index in [2.05, 4.69) is 4.98 Å². The Bertz CT molecular complexity index is 459. The number of hydrogen-bond donors (Lipinski definition) is 2. The van der Waals surface area contributed by atoms with Gasteiger partial charge in [0, 0.05) is 6.20 Å². The molecule has 1 unspecified atom stereocenters. The summed E-state index contributed by atoms with van der Waals surface area (Å²) in [6, 6.07) is 3.40. The number of aromatic nitrogens is 1. The van der Waals surface area contributed by atoms with E-state index >= 15 is 0 Å². The predicted molar refractivity (Wildman–Crippen MR) is 66.5 cm³/mol. The SMILES string of the molecule is CC1(C)SC(O)C(c2ncccc2Cl)=C1O. The molecule has 0 saturated heterocycles. The largest absolute Gasteiger partial charge is 0.510 e. The summed E-state index contributed by atoms with van der Waals surface area (Å²) in [4.78, 5) is 4.10. The molecule has 3 nitrogen and oxygen atoms in total. The first-order valence-corrected chi connectivity index (χ1v) is 6.09. The van der Waals surface area contributed by atoms with Crippen LogP contribution in [0.1, 0.15) is 19.5 Å². The van der Waals surface area contributed by atoms with Gasteiger partial charge in [0.05, 0.1) is 21.0 Å². The molecular weight excluding hydrogens is 246 g/mol. The Morgan fingerprint density at radius 1 is 1.50 bits per heavy atom. The minimum absolute atomic E-state index is 0.144. The first-order valence-electron chi connectivity index (χ1n) is 4.84. The number of nitrogens with zero attached hydrogens (tertiary/aromatic N) is 1. The Morgan fingerprint density at radius 3 is 2.69 bits per heavy atom. The van der Waals surface area contributed by atoms with Crippen LogP contribution < -0.4 is 0 Å². The summed E-state index contributed by atoms with van der Waals surface area (Å²) < 4.78 is -0.504. The molecule has 0 amide bonds. The van der Waals surface area contributed by atoms with Crippen LogP contribution in [0.15, 0.2) is 24.1 Å². The van der Waals surface area contributed by atoms with E-state index in [0.29, 0.717) is 16.3 Å². The number of aliphatic hydroxyl groups is 2. The highest BCUT2D eigenvalue weighted by molar-refractivity contribution is 8.02. The molecule has 16 heavy (non-hydrogen) atoms. The summed E-state index contributed by atoms with van der Waals surface area (Å²) in [6.45, 7) is 3.69. The average Bonchev–Trinajstić information content (AvgIpc) is 2.39. The molecule has 0 spiro atoms. The number of pyridine rings is 1. The van der Waals surface area contributed by atoms with E-state index in [0.717, 1.165) is 0 Å². The zero-order chi connectivity index (χ0) is 11.9. The molecular formula is C11H12ClNO2S. The fourth-order valence-electron chi connectivity index (χ4n) is 1.65. The van der Waals surface area contributed by atoms with Gasteiger partial charge in [0.25, 0.3) is 0 Å². The lowest BCUT2D eigenvalue weighted by atomic mass is 10.0. The molecule has 0 bridgehead atoms. The Labute approximate surface area is 103 Å². The second-order valence-corrected chi connectivity index (χ2v) is 6.19. The van der Waals surface area contributed by atoms with Crippen molar-refractivity contribution in [1.82, 2.24) is 4.98 Å². The van der Waals surface area contributed by atoms with E-state index in [1.165, 1.54) is 11.8 Å². The van der Waals surface area contributed by atoms with Gasteiger partial charge in [-0.3, -0.25) is 4.98 Å². The summed E-state index contributed by atoms with van der Waals surface area (Å²) in [6.07, 6.45) is 1.59. The number of thioether (sulfide) groups is 1. The summed E-state index contributed by atoms with van der Waals surface area (Å²) in [5, 5.41) is 20.4. The van der Waals surface area contributed by atoms with Crippen LogP contribution in [0.3, 0.4) is 0 Å². The van der Waals surface area contributed by atoms with Crippen molar-refractivity contribution in [2.24, 2.45) is 0 Å². The van der Waals surface area contributed by atoms with Crippen LogP contribution in [0, 0.1) is 0 Å². The molecule has 1 aliphatic heterocycles. The molecule has 2 N–H and O–H groups in total. The summed E-state index contributed by atoms with van der Waals surface area (Å²) >= 11 is 7.28. The second kappa shape index (κ2) is 3.95. The number of rotatable bonds is 1. The Hall–Kier alpha value is -0.710. The molecule has 0 aromatic carbocycles. The van der Waals surface area contributed by atoms with Crippen molar-refractivity contribution in [2.75, 3.05) is 0 Å². The van der Waals surface area contributed by atoms with E-state index in [1.54, 1.807) is 18.3 Å². The van der Waals surface area contributed by atoms with Crippen molar-refractivity contribution < 1.29 is 10.2 Å². The van der Waals surface area contributed by atoms with Gasteiger partial charge in [0.1, 0.15) is 11.2 Å². The van der Waals surface area contributed by atoms with Crippen LogP contribution in [-0.2, 0) is 0 Å². The molecule has 2 rings (SSSR count). The lowest BCUT2D eigenvalue weighted by molar-refractivity contribution is 0.315. The standard InChI is InChI=1S/C11H12ClNO2S/c1-11(2)9(14)7(10(15)16-11)8-6(12)4-3-5-13-8/h3-5,10,14-15H,1-2H3. The molecule has 1 aromatic heterocycles. The second-order valence-electron chi connectivity index (χ2n) is 4.08. The summed E-state index contributed by atoms with van der Waals surface area (Å²) in [5.74, 6) is 0.144. The van der Waals surface area contributed by atoms with Crippen molar-refractivity contribution in [1.29, 1.82) is 0 Å². The normalized spacial score (nSPS) is 23.9. The van der Waals surface area contributed by atoms with Crippen LogP contribution in [0.25, 0.3) is 5.57 Å². The highest BCUT2D eigenvalue weighted by atomic mass is 35.5. The fourth-order valence-corrected chi connectivity index (χ4v) is 2.99. The molecule has 2 heterocycles. The van der Waals surface area contributed by atoms with Crippen molar-refractivity contribution >= 4 is 28.9 Å². The topological polar surface area (TPSA) is 53.4 Å². The third kappa shape index (κ3) is 1.81. The zero-order valence-electron chi connectivity index (χ0n) is 8.94. The predicted octanol–water partition coefficient (Wildman–Crippen LogP) is 2.85. The Balaban J connectivity index is 2.57. The van der Waals surface area contributed by atoms with E-state index in [1.807, 2.05) is 13.8 Å². The lowest BCUT2D eigenvalue weighted by Gasteiger charge is -2.16. The minimum Gasteiger partial charge on any atom is -0.510 e. The molecule has 0 radical (unpaired) electrons. The van der Waals surface area contributed by atoms with E-state index < -0.39 is 10.2 Å². The van der Waals surface area contributed by atoms with Gasteiger partial charge in [-0.15, -0.1) is 11.8 Å². The van der Waals surface area contributed by atoms with Gasteiger partial charge in [0.15, 0.2) is 0 Å². The van der Waals surface area contributed by atoms with Crippen molar-refractivity contribution in [2.45, 2.75) is 24.0 Å². The molecule has 0 fully saturated rings. The van der Waals surface area contributed by atoms with Crippen LogP contribution in [0.4, 0.5) is 0 Å². The number of halogens is 1. The van der Waals surface area contributed by atoms with Gasteiger partial charge in [-0.1, -0.05) is 11.6 Å². The monoisotopic (exact) mass is 257 g/mol. The summed E-state index contributed by atoms with van der Waals surface area (Å²) in [5.41, 5.74) is 0.0789. The molecule has 0 saturated carbocycles. The fraction of sp³-hybridized carbons (Fsp3) is 0.364. The lowest BCUT2D eigenvalue weighted by Crippen LogP contribution is -2.14. The molecule has 1 aliphatic rings. The van der Waals surface area contributed by atoms with Crippen molar-refractivity contribution in [3.05, 3.63) is 34.8 Å². The van der Waals surface area contributed by atoms with E-state index in [-0.39, 0.29) is 5.76 Å². The third-order valence-electron chi connectivity index (χ3n) is 2.49. The van der Waals surface area contributed by atoms with Gasteiger partial charge in [0.2, 0.25) is 0 Å². The van der Waals surface area contributed by atoms with Gasteiger partial charge in [-0.05, 0) is 26.0 Å². The van der Waals surface area contributed by atoms with Crippen LogP contribution in [-0.4, -0.2) is 25.4 Å². The minimum atomic E-state index is -0.789.